The first kappa shape index (κ1) is 14.1. The van der Waals surface area contributed by atoms with E-state index in [0.717, 1.165) is 40.1 Å². The fraction of sp³-hybridized carbons (Fsp3) is 0.167. The van der Waals surface area contributed by atoms with Gasteiger partial charge in [-0.1, -0.05) is 42.8 Å². The molecular formula is C18H17ClN2. The molecule has 0 saturated heterocycles. The Morgan fingerprint density at radius 1 is 1.05 bits per heavy atom. The van der Waals surface area contributed by atoms with Crippen LogP contribution in [0.5, 0.6) is 0 Å². The highest BCUT2D eigenvalue weighted by molar-refractivity contribution is 6.31. The molecule has 0 saturated carbocycles. The number of hydrogen-bond acceptors (Lipinski definition) is 2. The molecule has 0 spiro atoms. The maximum Gasteiger partial charge on any atom is 0.0708 e. The van der Waals surface area contributed by atoms with E-state index in [1.807, 2.05) is 18.3 Å². The van der Waals surface area contributed by atoms with Crippen LogP contribution in [0.1, 0.15) is 12.5 Å². The van der Waals surface area contributed by atoms with Gasteiger partial charge < -0.3 is 5.32 Å². The van der Waals surface area contributed by atoms with Gasteiger partial charge >= 0.3 is 0 Å². The number of nitrogens with one attached hydrogen (secondary N) is 1. The Morgan fingerprint density at radius 2 is 1.86 bits per heavy atom. The zero-order valence-electron chi connectivity index (χ0n) is 11.9. The molecule has 3 rings (SSSR count). The molecule has 3 aromatic rings. The Hall–Kier alpha value is -1.90. The van der Waals surface area contributed by atoms with E-state index in [1.165, 1.54) is 5.56 Å². The number of halogens is 1. The summed E-state index contributed by atoms with van der Waals surface area (Å²) < 4.78 is 0. The van der Waals surface area contributed by atoms with Crippen molar-refractivity contribution in [2.45, 2.75) is 13.5 Å². The summed E-state index contributed by atoms with van der Waals surface area (Å²) in [6.45, 7) is 3.81. The molecule has 0 aliphatic heterocycles. The van der Waals surface area contributed by atoms with Crippen LogP contribution in [0.2, 0.25) is 5.02 Å². The summed E-state index contributed by atoms with van der Waals surface area (Å²) in [5, 5.41) is 5.28. The minimum Gasteiger partial charge on any atom is -0.313 e. The fourth-order valence-electron chi connectivity index (χ4n) is 2.40. The van der Waals surface area contributed by atoms with Crippen molar-refractivity contribution >= 4 is 22.5 Å². The molecule has 0 atom stereocenters. The van der Waals surface area contributed by atoms with Crippen molar-refractivity contribution in [3.8, 4) is 11.1 Å². The van der Waals surface area contributed by atoms with E-state index in [-0.39, 0.29) is 0 Å². The number of nitrogens with zero attached hydrogens (tertiary/aromatic N) is 1. The third kappa shape index (κ3) is 3.07. The average Bonchev–Trinajstić information content (AvgIpc) is 2.53. The fourth-order valence-corrected chi connectivity index (χ4v) is 2.58. The van der Waals surface area contributed by atoms with Gasteiger partial charge in [-0.05, 0) is 47.5 Å². The Bertz CT molecular complexity index is 768. The number of benzene rings is 2. The van der Waals surface area contributed by atoms with Gasteiger partial charge in [0.1, 0.15) is 0 Å². The molecule has 0 radical (unpaired) electrons. The standard InChI is InChI=1S/C18H17ClN2/c1-2-20-12-16-10-14(7-8-17(16)19)15-6-5-13-4-3-9-21-18(13)11-15/h3-11,20H,2,12H2,1H3. The number of fused-ring (bicyclic) bond motifs is 1. The van der Waals surface area contributed by atoms with Gasteiger partial charge in [-0.2, -0.15) is 0 Å². The molecule has 2 aromatic carbocycles. The Labute approximate surface area is 129 Å². The van der Waals surface area contributed by atoms with Crippen molar-refractivity contribution in [2.24, 2.45) is 0 Å². The molecule has 3 heteroatoms. The first-order valence-corrected chi connectivity index (χ1v) is 7.50. The summed E-state index contributed by atoms with van der Waals surface area (Å²) >= 11 is 6.26. The van der Waals surface area contributed by atoms with Gasteiger partial charge in [0, 0.05) is 23.2 Å². The van der Waals surface area contributed by atoms with Gasteiger partial charge in [0.2, 0.25) is 0 Å². The van der Waals surface area contributed by atoms with E-state index in [4.69, 9.17) is 11.6 Å². The highest BCUT2D eigenvalue weighted by Crippen LogP contribution is 2.27. The SMILES string of the molecule is CCNCc1cc(-c2ccc3cccnc3c2)ccc1Cl. The number of hydrogen-bond donors (Lipinski definition) is 1. The maximum atomic E-state index is 6.26. The summed E-state index contributed by atoms with van der Waals surface area (Å²) in [5.74, 6) is 0. The largest absolute Gasteiger partial charge is 0.313 e. The number of rotatable bonds is 4. The molecule has 1 N–H and O–H groups in total. The Kier molecular flexibility index (Phi) is 4.18. The van der Waals surface area contributed by atoms with Gasteiger partial charge in [0.05, 0.1) is 5.52 Å². The van der Waals surface area contributed by atoms with Crippen LogP contribution in [0.25, 0.3) is 22.0 Å². The summed E-state index contributed by atoms with van der Waals surface area (Å²) in [7, 11) is 0. The van der Waals surface area contributed by atoms with Crippen LogP contribution >= 0.6 is 11.6 Å². The Morgan fingerprint density at radius 3 is 2.71 bits per heavy atom. The first-order valence-electron chi connectivity index (χ1n) is 7.12. The molecule has 2 nitrogen and oxygen atoms in total. The Balaban J connectivity index is 2.01. The monoisotopic (exact) mass is 296 g/mol. The lowest BCUT2D eigenvalue weighted by atomic mass is 10.0. The van der Waals surface area contributed by atoms with E-state index in [2.05, 4.69) is 53.6 Å². The molecule has 0 amide bonds. The van der Waals surface area contributed by atoms with Gasteiger partial charge in [-0.25, -0.2) is 0 Å². The molecule has 1 aromatic heterocycles. The predicted molar refractivity (Wildman–Crippen MR) is 89.6 cm³/mol. The second kappa shape index (κ2) is 6.25. The smallest absolute Gasteiger partial charge is 0.0708 e. The lowest BCUT2D eigenvalue weighted by Gasteiger charge is -2.09. The topological polar surface area (TPSA) is 24.9 Å². The van der Waals surface area contributed by atoms with Crippen molar-refractivity contribution in [1.29, 1.82) is 0 Å². The quantitative estimate of drug-likeness (QED) is 0.757. The van der Waals surface area contributed by atoms with E-state index in [1.54, 1.807) is 0 Å². The van der Waals surface area contributed by atoms with Gasteiger partial charge in [0.25, 0.3) is 0 Å². The molecule has 21 heavy (non-hydrogen) atoms. The molecule has 1 heterocycles. The zero-order chi connectivity index (χ0) is 14.7. The highest BCUT2D eigenvalue weighted by Gasteiger charge is 2.05. The van der Waals surface area contributed by atoms with Crippen molar-refractivity contribution in [3.63, 3.8) is 0 Å². The molecule has 0 aliphatic carbocycles. The molecular weight excluding hydrogens is 280 g/mol. The van der Waals surface area contributed by atoms with Crippen LogP contribution in [0.3, 0.4) is 0 Å². The van der Waals surface area contributed by atoms with Crippen LogP contribution in [-0.2, 0) is 6.54 Å². The van der Waals surface area contributed by atoms with E-state index in [9.17, 15) is 0 Å². The van der Waals surface area contributed by atoms with Gasteiger partial charge in [-0.15, -0.1) is 0 Å². The summed E-state index contributed by atoms with van der Waals surface area (Å²) in [4.78, 5) is 4.42. The third-order valence-electron chi connectivity index (χ3n) is 3.55. The van der Waals surface area contributed by atoms with Crippen molar-refractivity contribution in [1.82, 2.24) is 10.3 Å². The van der Waals surface area contributed by atoms with Crippen LogP contribution in [0.4, 0.5) is 0 Å². The lowest BCUT2D eigenvalue weighted by Crippen LogP contribution is -2.12. The van der Waals surface area contributed by atoms with Gasteiger partial charge in [-0.3, -0.25) is 4.98 Å². The van der Waals surface area contributed by atoms with Crippen molar-refractivity contribution in [3.05, 3.63) is 65.3 Å². The van der Waals surface area contributed by atoms with Crippen LogP contribution in [0, 0.1) is 0 Å². The molecule has 0 bridgehead atoms. The van der Waals surface area contributed by atoms with Gasteiger partial charge in [0.15, 0.2) is 0 Å². The minimum absolute atomic E-state index is 0.787. The second-order valence-corrected chi connectivity index (χ2v) is 5.40. The number of aromatic nitrogens is 1. The van der Waals surface area contributed by atoms with Crippen molar-refractivity contribution < 1.29 is 0 Å². The molecule has 106 valence electrons. The minimum atomic E-state index is 0.787. The molecule has 0 fully saturated rings. The van der Waals surface area contributed by atoms with Crippen LogP contribution < -0.4 is 5.32 Å². The first-order chi connectivity index (χ1) is 10.3. The summed E-state index contributed by atoms with van der Waals surface area (Å²) in [6, 6.07) is 16.6. The third-order valence-corrected chi connectivity index (χ3v) is 3.92. The van der Waals surface area contributed by atoms with E-state index < -0.39 is 0 Å². The predicted octanol–water partition coefficient (Wildman–Crippen LogP) is 4.66. The highest BCUT2D eigenvalue weighted by atomic mass is 35.5. The summed E-state index contributed by atoms with van der Waals surface area (Å²) in [5.41, 5.74) is 4.46. The van der Waals surface area contributed by atoms with Crippen LogP contribution in [-0.4, -0.2) is 11.5 Å². The average molecular weight is 297 g/mol. The zero-order valence-corrected chi connectivity index (χ0v) is 12.7. The lowest BCUT2D eigenvalue weighted by molar-refractivity contribution is 0.727. The van der Waals surface area contributed by atoms with Crippen LogP contribution in [0.15, 0.2) is 54.7 Å². The van der Waals surface area contributed by atoms with Crippen molar-refractivity contribution in [2.75, 3.05) is 6.54 Å². The summed E-state index contributed by atoms with van der Waals surface area (Å²) in [6.07, 6.45) is 1.82. The maximum absolute atomic E-state index is 6.26. The number of pyridine rings is 1. The van der Waals surface area contributed by atoms with E-state index >= 15 is 0 Å². The molecule has 0 aliphatic rings. The normalized spacial score (nSPS) is 11.0. The molecule has 0 unspecified atom stereocenters. The van der Waals surface area contributed by atoms with E-state index in [0.29, 0.717) is 0 Å². The second-order valence-electron chi connectivity index (χ2n) is 5.00.